The predicted molar refractivity (Wildman–Crippen MR) is 124 cm³/mol. The van der Waals surface area contributed by atoms with Crippen LogP contribution in [0.5, 0.6) is 0 Å². The molecule has 5 rings (SSSR count). The van der Waals surface area contributed by atoms with Crippen LogP contribution < -0.4 is 0 Å². The fourth-order valence-corrected chi connectivity index (χ4v) is 4.48. The Labute approximate surface area is 194 Å². The zero-order chi connectivity index (χ0) is 23.8. The van der Waals surface area contributed by atoms with Crippen molar-refractivity contribution in [3.05, 3.63) is 113 Å². The minimum Gasteiger partial charge on any atom is -0.507 e. The molecule has 1 aliphatic rings. The maximum atomic E-state index is 14.1. The fraction of sp³-hybridized carbons (Fsp3) is 0.111. The molecule has 0 bridgehead atoms. The zero-order valence-corrected chi connectivity index (χ0v) is 18.0. The lowest BCUT2D eigenvalue weighted by Gasteiger charge is -2.25. The van der Waals surface area contributed by atoms with Crippen molar-refractivity contribution in [1.82, 2.24) is 9.88 Å². The highest BCUT2D eigenvalue weighted by atomic mass is 19.1. The van der Waals surface area contributed by atoms with Crippen LogP contribution in [0.2, 0.25) is 0 Å². The summed E-state index contributed by atoms with van der Waals surface area (Å²) in [7, 11) is 0. The lowest BCUT2D eigenvalue weighted by molar-refractivity contribution is -0.139. The summed E-state index contributed by atoms with van der Waals surface area (Å²) in [5.74, 6) is -3.10. The molecule has 170 valence electrons. The minimum atomic E-state index is -0.981. The van der Waals surface area contributed by atoms with Gasteiger partial charge >= 0.3 is 0 Å². The van der Waals surface area contributed by atoms with Gasteiger partial charge in [-0.3, -0.25) is 9.59 Å². The van der Waals surface area contributed by atoms with Gasteiger partial charge in [-0.2, -0.15) is 0 Å². The Hall–Kier alpha value is -4.26. The van der Waals surface area contributed by atoms with Crippen molar-refractivity contribution >= 4 is 28.4 Å². The van der Waals surface area contributed by atoms with Crippen LogP contribution >= 0.6 is 0 Å². The molecule has 1 aromatic heterocycles. The van der Waals surface area contributed by atoms with Gasteiger partial charge in [-0.15, -0.1) is 0 Å². The van der Waals surface area contributed by atoms with Crippen LogP contribution in [0, 0.1) is 11.6 Å². The molecule has 5 nitrogen and oxygen atoms in total. The molecule has 2 N–H and O–H groups in total. The Bertz CT molecular complexity index is 1440. The summed E-state index contributed by atoms with van der Waals surface area (Å²) in [6.07, 6.45) is 2.30. The highest BCUT2D eigenvalue weighted by molar-refractivity contribution is 6.46. The average molecular weight is 458 g/mol. The van der Waals surface area contributed by atoms with E-state index in [0.29, 0.717) is 12.0 Å². The largest absolute Gasteiger partial charge is 0.507 e. The number of nitrogens with zero attached hydrogens (tertiary/aromatic N) is 1. The van der Waals surface area contributed by atoms with Crippen LogP contribution in [0.25, 0.3) is 16.7 Å². The molecule has 2 heterocycles. The zero-order valence-electron chi connectivity index (χ0n) is 18.0. The van der Waals surface area contributed by atoms with E-state index in [9.17, 15) is 23.5 Å². The Morgan fingerprint density at radius 2 is 1.71 bits per heavy atom. The van der Waals surface area contributed by atoms with E-state index in [2.05, 4.69) is 4.98 Å². The van der Waals surface area contributed by atoms with E-state index in [-0.39, 0.29) is 17.7 Å². The normalized spacial score (nSPS) is 17.6. The van der Waals surface area contributed by atoms with Gasteiger partial charge in [-0.25, -0.2) is 8.78 Å². The van der Waals surface area contributed by atoms with E-state index < -0.39 is 35.1 Å². The number of halogens is 2. The Balaban J connectivity index is 1.57. The Kier molecular flexibility index (Phi) is 5.45. The summed E-state index contributed by atoms with van der Waals surface area (Å²) in [5, 5.41) is 12.0. The van der Waals surface area contributed by atoms with Crippen LogP contribution in [0.4, 0.5) is 8.78 Å². The van der Waals surface area contributed by atoms with E-state index in [0.717, 1.165) is 28.6 Å². The summed E-state index contributed by atoms with van der Waals surface area (Å²) in [4.78, 5) is 30.7. The van der Waals surface area contributed by atoms with E-state index in [1.807, 2.05) is 30.5 Å². The molecule has 1 fully saturated rings. The maximum Gasteiger partial charge on any atom is 0.295 e. The number of aliphatic hydroxyl groups is 1. The van der Waals surface area contributed by atoms with Crippen molar-refractivity contribution in [3.8, 4) is 0 Å². The number of carbonyl (C=O) groups is 2. The van der Waals surface area contributed by atoms with Crippen molar-refractivity contribution in [1.29, 1.82) is 0 Å². The number of benzene rings is 3. The molecular formula is C27H20F2N2O3. The summed E-state index contributed by atoms with van der Waals surface area (Å²) in [6, 6.07) is 17.3. The van der Waals surface area contributed by atoms with Gasteiger partial charge < -0.3 is 15.0 Å². The van der Waals surface area contributed by atoms with Gasteiger partial charge in [-0.1, -0.05) is 30.3 Å². The highest BCUT2D eigenvalue weighted by Crippen LogP contribution is 2.39. The first-order valence-electron chi connectivity index (χ1n) is 10.8. The number of carbonyl (C=O) groups excluding carboxylic acids is 2. The number of H-pyrrole nitrogens is 1. The quantitative estimate of drug-likeness (QED) is 0.248. The molecule has 7 heteroatoms. The van der Waals surface area contributed by atoms with E-state index in [1.165, 1.54) is 35.2 Å². The number of para-hydroxylation sites is 1. The number of amides is 1. The Morgan fingerprint density at radius 3 is 2.47 bits per heavy atom. The van der Waals surface area contributed by atoms with Gasteiger partial charge in [0.1, 0.15) is 17.4 Å². The van der Waals surface area contributed by atoms with Crippen molar-refractivity contribution < 1.29 is 23.5 Å². The van der Waals surface area contributed by atoms with Crippen molar-refractivity contribution in [3.63, 3.8) is 0 Å². The SMILES string of the molecule is O=C1C(=O)N(CCc2c[nH]c3ccccc23)[C@H](c2cccc(F)c2)C1=C(O)c1ccc(F)cc1. The van der Waals surface area contributed by atoms with Gasteiger partial charge in [0.25, 0.3) is 11.7 Å². The van der Waals surface area contributed by atoms with E-state index in [4.69, 9.17) is 0 Å². The number of hydrogen-bond acceptors (Lipinski definition) is 3. The molecule has 1 amide bonds. The molecular weight excluding hydrogens is 438 g/mol. The summed E-state index contributed by atoms with van der Waals surface area (Å²) in [5.41, 5.74) is 2.33. The second-order valence-corrected chi connectivity index (χ2v) is 8.16. The molecule has 34 heavy (non-hydrogen) atoms. The van der Waals surface area contributed by atoms with Gasteiger partial charge in [-0.05, 0) is 60.0 Å². The fourth-order valence-electron chi connectivity index (χ4n) is 4.48. The van der Waals surface area contributed by atoms with Crippen LogP contribution in [0.1, 0.15) is 22.7 Å². The van der Waals surface area contributed by atoms with Crippen molar-refractivity contribution in [2.45, 2.75) is 12.5 Å². The van der Waals surface area contributed by atoms with E-state index in [1.54, 1.807) is 6.07 Å². The molecule has 0 unspecified atom stereocenters. The number of aromatic nitrogens is 1. The van der Waals surface area contributed by atoms with Gasteiger partial charge in [0.15, 0.2) is 0 Å². The van der Waals surface area contributed by atoms with Gasteiger partial charge in [0.2, 0.25) is 0 Å². The number of fused-ring (bicyclic) bond motifs is 1. The predicted octanol–water partition coefficient (Wildman–Crippen LogP) is 5.11. The summed E-state index contributed by atoms with van der Waals surface area (Å²) < 4.78 is 27.5. The minimum absolute atomic E-state index is 0.152. The summed E-state index contributed by atoms with van der Waals surface area (Å²) in [6.45, 7) is 0.174. The highest BCUT2D eigenvalue weighted by Gasteiger charge is 2.46. The van der Waals surface area contributed by atoms with Crippen LogP contribution in [0.15, 0.2) is 84.6 Å². The third-order valence-corrected chi connectivity index (χ3v) is 6.12. The first-order valence-corrected chi connectivity index (χ1v) is 10.8. The first-order chi connectivity index (χ1) is 16.4. The molecule has 3 aromatic carbocycles. The van der Waals surface area contributed by atoms with Gasteiger partial charge in [0, 0.05) is 29.2 Å². The topological polar surface area (TPSA) is 73.4 Å². The molecule has 1 atom stereocenters. The third kappa shape index (κ3) is 3.75. The molecule has 0 saturated carbocycles. The summed E-state index contributed by atoms with van der Waals surface area (Å²) >= 11 is 0. The number of ketones is 1. The van der Waals surface area contributed by atoms with Crippen LogP contribution in [0.3, 0.4) is 0 Å². The number of rotatable bonds is 5. The number of hydrogen-bond donors (Lipinski definition) is 2. The molecule has 1 saturated heterocycles. The third-order valence-electron chi connectivity index (χ3n) is 6.12. The number of Topliss-reactive ketones (excluding diaryl/α,β-unsaturated/α-hetero) is 1. The lowest BCUT2D eigenvalue weighted by atomic mass is 9.95. The van der Waals surface area contributed by atoms with Gasteiger partial charge in [0.05, 0.1) is 11.6 Å². The first kappa shape index (κ1) is 21.6. The smallest absolute Gasteiger partial charge is 0.295 e. The average Bonchev–Trinajstić information content (AvgIpc) is 3.36. The second-order valence-electron chi connectivity index (χ2n) is 8.16. The number of aromatic amines is 1. The van der Waals surface area contributed by atoms with E-state index >= 15 is 0 Å². The lowest BCUT2D eigenvalue weighted by Crippen LogP contribution is -2.31. The monoisotopic (exact) mass is 458 g/mol. The number of nitrogens with one attached hydrogen (secondary N) is 1. The molecule has 0 spiro atoms. The molecule has 1 aliphatic heterocycles. The molecule has 4 aromatic rings. The standard InChI is InChI=1S/C27H20F2N2O3/c28-19-10-8-16(9-11-19)25(32)23-24(17-4-3-5-20(29)14-17)31(27(34)26(23)33)13-12-18-15-30-22-7-2-1-6-21(18)22/h1-11,14-15,24,30,32H,12-13H2/t24-/m1/s1. The molecule has 0 aliphatic carbocycles. The van der Waals surface area contributed by atoms with Crippen LogP contribution in [-0.4, -0.2) is 33.2 Å². The molecule has 0 radical (unpaired) electrons. The number of aliphatic hydroxyl groups excluding tert-OH is 1. The second kappa shape index (κ2) is 8.59. The van der Waals surface area contributed by atoms with Crippen molar-refractivity contribution in [2.24, 2.45) is 0 Å². The number of likely N-dealkylation sites (tertiary alicyclic amines) is 1. The van der Waals surface area contributed by atoms with Crippen LogP contribution in [-0.2, 0) is 16.0 Å². The Morgan fingerprint density at radius 1 is 0.941 bits per heavy atom. The van der Waals surface area contributed by atoms with Crippen molar-refractivity contribution in [2.75, 3.05) is 6.54 Å². The maximum absolute atomic E-state index is 14.1.